The molecule has 0 radical (unpaired) electrons. The van der Waals surface area contributed by atoms with Crippen LogP contribution in [0.15, 0.2) is 12.1 Å². The van der Waals surface area contributed by atoms with E-state index in [1.807, 2.05) is 0 Å². The van der Waals surface area contributed by atoms with Gasteiger partial charge >= 0.3 is 0 Å². The Labute approximate surface area is 109 Å². The number of likely N-dealkylation sites (N-methyl/N-ethyl adjacent to an activating group) is 1. The lowest BCUT2D eigenvalue weighted by Crippen LogP contribution is -2.44. The van der Waals surface area contributed by atoms with E-state index in [2.05, 4.69) is 4.98 Å². The molecule has 1 spiro atoms. The number of hydrogen-bond acceptors (Lipinski definition) is 3. The standard InChI is InChI=1S/C13H15F2N3O/c1-18-8-2-3-9(16)17-10(8)12(11(18)19)4-6-13(14,15)7-5-12/h2-3H,4-7H2,1H3,(H2,16,17). The molecule has 6 heteroatoms. The van der Waals surface area contributed by atoms with E-state index in [1.165, 1.54) is 4.90 Å². The maximum Gasteiger partial charge on any atom is 0.248 e. The lowest BCUT2D eigenvalue weighted by Gasteiger charge is -2.35. The summed E-state index contributed by atoms with van der Waals surface area (Å²) >= 11 is 0. The molecule has 1 fully saturated rings. The van der Waals surface area contributed by atoms with Crippen molar-refractivity contribution in [1.29, 1.82) is 0 Å². The third-order valence-electron chi connectivity index (χ3n) is 4.26. The Balaban J connectivity index is 2.08. The van der Waals surface area contributed by atoms with Crippen molar-refractivity contribution in [3.05, 3.63) is 17.8 Å². The van der Waals surface area contributed by atoms with Gasteiger partial charge in [0.05, 0.1) is 16.8 Å². The van der Waals surface area contributed by atoms with Gasteiger partial charge in [-0.1, -0.05) is 0 Å². The van der Waals surface area contributed by atoms with Crippen molar-refractivity contribution in [3.8, 4) is 0 Å². The third-order valence-corrected chi connectivity index (χ3v) is 4.26. The third kappa shape index (κ3) is 1.62. The minimum Gasteiger partial charge on any atom is -0.384 e. The summed E-state index contributed by atoms with van der Waals surface area (Å²) in [4.78, 5) is 18.2. The maximum atomic E-state index is 13.4. The first-order valence-electron chi connectivity index (χ1n) is 6.29. The van der Waals surface area contributed by atoms with Crippen LogP contribution >= 0.6 is 0 Å². The van der Waals surface area contributed by atoms with Gasteiger partial charge in [-0.15, -0.1) is 0 Å². The second-order valence-corrected chi connectivity index (χ2v) is 5.41. The molecule has 2 N–H and O–H groups in total. The second-order valence-electron chi connectivity index (χ2n) is 5.41. The maximum absolute atomic E-state index is 13.4. The van der Waals surface area contributed by atoms with Crippen LogP contribution in [0.2, 0.25) is 0 Å². The number of carbonyl (C=O) groups is 1. The van der Waals surface area contributed by atoms with Gasteiger partial charge in [-0.2, -0.15) is 0 Å². The van der Waals surface area contributed by atoms with Crippen molar-refractivity contribution >= 4 is 17.4 Å². The highest BCUT2D eigenvalue weighted by atomic mass is 19.3. The van der Waals surface area contributed by atoms with Crippen molar-refractivity contribution in [2.75, 3.05) is 17.7 Å². The Morgan fingerprint density at radius 2 is 1.89 bits per heavy atom. The number of nitrogen functional groups attached to an aromatic ring is 1. The van der Waals surface area contributed by atoms with Crippen LogP contribution in [0.25, 0.3) is 0 Å². The minimum atomic E-state index is -2.67. The molecular weight excluding hydrogens is 252 g/mol. The molecule has 1 aliphatic heterocycles. The van der Waals surface area contributed by atoms with Crippen molar-refractivity contribution in [3.63, 3.8) is 0 Å². The van der Waals surface area contributed by atoms with Crippen LogP contribution in [0.3, 0.4) is 0 Å². The molecule has 1 amide bonds. The normalized spacial score (nSPS) is 23.7. The number of anilines is 2. The van der Waals surface area contributed by atoms with Crippen molar-refractivity contribution in [2.24, 2.45) is 0 Å². The number of aromatic nitrogens is 1. The average molecular weight is 267 g/mol. The summed E-state index contributed by atoms with van der Waals surface area (Å²) in [6.07, 6.45) is -0.287. The lowest BCUT2D eigenvalue weighted by molar-refractivity contribution is -0.128. The molecule has 1 aliphatic carbocycles. The molecule has 19 heavy (non-hydrogen) atoms. The average Bonchev–Trinajstić information content (AvgIpc) is 2.56. The van der Waals surface area contributed by atoms with Crippen LogP contribution in [0.4, 0.5) is 20.3 Å². The summed E-state index contributed by atoms with van der Waals surface area (Å²) in [7, 11) is 1.65. The lowest BCUT2D eigenvalue weighted by atomic mass is 9.71. The largest absolute Gasteiger partial charge is 0.384 e. The van der Waals surface area contributed by atoms with Gasteiger partial charge in [0.2, 0.25) is 11.8 Å². The Morgan fingerprint density at radius 1 is 1.26 bits per heavy atom. The molecule has 0 atom stereocenters. The molecule has 0 unspecified atom stereocenters. The van der Waals surface area contributed by atoms with Crippen LogP contribution in [-0.4, -0.2) is 23.9 Å². The van der Waals surface area contributed by atoms with Gasteiger partial charge in [0.15, 0.2) is 0 Å². The SMILES string of the molecule is CN1C(=O)C2(CCC(F)(F)CC2)c2nc(N)ccc21. The van der Waals surface area contributed by atoms with Crippen LogP contribution in [0.1, 0.15) is 31.4 Å². The van der Waals surface area contributed by atoms with E-state index < -0.39 is 11.3 Å². The monoisotopic (exact) mass is 267 g/mol. The fraction of sp³-hybridized carbons (Fsp3) is 0.538. The van der Waals surface area contributed by atoms with Crippen LogP contribution in [-0.2, 0) is 10.2 Å². The van der Waals surface area contributed by atoms with Crippen LogP contribution in [0, 0.1) is 0 Å². The van der Waals surface area contributed by atoms with E-state index in [1.54, 1.807) is 19.2 Å². The molecule has 0 saturated heterocycles. The zero-order valence-corrected chi connectivity index (χ0v) is 10.6. The van der Waals surface area contributed by atoms with E-state index >= 15 is 0 Å². The van der Waals surface area contributed by atoms with E-state index in [-0.39, 0.29) is 31.6 Å². The predicted molar refractivity (Wildman–Crippen MR) is 67.2 cm³/mol. The molecule has 4 nitrogen and oxygen atoms in total. The fourth-order valence-corrected chi connectivity index (χ4v) is 3.11. The highest BCUT2D eigenvalue weighted by Gasteiger charge is 2.55. The molecule has 102 valence electrons. The van der Waals surface area contributed by atoms with Gasteiger partial charge in [0, 0.05) is 19.9 Å². The van der Waals surface area contributed by atoms with E-state index in [9.17, 15) is 13.6 Å². The van der Waals surface area contributed by atoms with Gasteiger partial charge in [0.25, 0.3) is 0 Å². The number of nitrogens with two attached hydrogens (primary N) is 1. The molecule has 2 heterocycles. The first-order chi connectivity index (χ1) is 8.86. The Hall–Kier alpha value is -1.72. The minimum absolute atomic E-state index is 0.132. The number of halogens is 2. The first kappa shape index (κ1) is 12.3. The van der Waals surface area contributed by atoms with E-state index in [0.717, 1.165) is 0 Å². The Kier molecular flexibility index (Phi) is 2.37. The molecule has 2 aliphatic rings. The topological polar surface area (TPSA) is 59.2 Å². The van der Waals surface area contributed by atoms with Crippen molar-refractivity contribution in [1.82, 2.24) is 4.98 Å². The second kappa shape index (κ2) is 3.65. The summed E-state index contributed by atoms with van der Waals surface area (Å²) in [6.45, 7) is 0. The zero-order valence-electron chi connectivity index (χ0n) is 10.6. The number of fused-ring (bicyclic) bond motifs is 2. The molecular formula is C13H15F2N3O. The number of amides is 1. The van der Waals surface area contributed by atoms with Gasteiger partial charge in [-0.25, -0.2) is 13.8 Å². The summed E-state index contributed by atoms with van der Waals surface area (Å²) in [5.41, 5.74) is 6.02. The van der Waals surface area contributed by atoms with Crippen molar-refractivity contribution < 1.29 is 13.6 Å². The van der Waals surface area contributed by atoms with Crippen LogP contribution < -0.4 is 10.6 Å². The quantitative estimate of drug-likeness (QED) is 0.783. The number of nitrogens with zero attached hydrogens (tertiary/aromatic N) is 2. The number of pyridine rings is 1. The van der Waals surface area contributed by atoms with Crippen LogP contribution in [0.5, 0.6) is 0 Å². The predicted octanol–water partition coefficient (Wildman–Crippen LogP) is 2.09. The summed E-state index contributed by atoms with van der Waals surface area (Å²) in [5, 5.41) is 0. The molecule has 1 aromatic rings. The summed E-state index contributed by atoms with van der Waals surface area (Å²) in [6, 6.07) is 3.36. The highest BCUT2D eigenvalue weighted by Crippen LogP contribution is 2.51. The van der Waals surface area contributed by atoms with E-state index in [4.69, 9.17) is 5.73 Å². The number of carbonyl (C=O) groups excluding carboxylic acids is 1. The molecule has 1 aromatic heterocycles. The zero-order chi connectivity index (χ0) is 13.8. The first-order valence-corrected chi connectivity index (χ1v) is 6.29. The summed E-state index contributed by atoms with van der Waals surface area (Å²) in [5.74, 6) is -2.50. The van der Waals surface area contributed by atoms with E-state index in [0.29, 0.717) is 17.2 Å². The van der Waals surface area contributed by atoms with Crippen molar-refractivity contribution in [2.45, 2.75) is 37.0 Å². The van der Waals surface area contributed by atoms with Gasteiger partial charge < -0.3 is 10.6 Å². The Morgan fingerprint density at radius 3 is 2.53 bits per heavy atom. The van der Waals surface area contributed by atoms with Gasteiger partial charge in [0.1, 0.15) is 5.82 Å². The smallest absolute Gasteiger partial charge is 0.248 e. The summed E-state index contributed by atoms with van der Waals surface area (Å²) < 4.78 is 26.7. The highest BCUT2D eigenvalue weighted by molar-refractivity contribution is 6.07. The van der Waals surface area contributed by atoms with Gasteiger partial charge in [-0.3, -0.25) is 4.79 Å². The number of alkyl halides is 2. The molecule has 3 rings (SSSR count). The molecule has 0 aromatic carbocycles. The Bertz CT molecular complexity index is 549. The van der Waals surface area contributed by atoms with Gasteiger partial charge in [-0.05, 0) is 25.0 Å². The fourth-order valence-electron chi connectivity index (χ4n) is 3.11. The molecule has 1 saturated carbocycles. The number of hydrogen-bond donors (Lipinski definition) is 1. The molecule has 0 bridgehead atoms. The number of rotatable bonds is 0.